The minimum absolute atomic E-state index is 0.0208. The molecule has 0 bridgehead atoms. The second kappa shape index (κ2) is 11.0. The van der Waals surface area contributed by atoms with E-state index < -0.39 is 35.6 Å². The van der Waals surface area contributed by atoms with Crippen molar-refractivity contribution in [2.45, 2.75) is 65.1 Å². The molecule has 0 heterocycles. The zero-order valence-electron chi connectivity index (χ0n) is 18.4. The van der Waals surface area contributed by atoms with Crippen LogP contribution >= 0.6 is 0 Å². The Morgan fingerprint density at radius 3 is 1.90 bits per heavy atom. The summed E-state index contributed by atoms with van der Waals surface area (Å²) >= 11 is 0. The minimum Gasteiger partial charge on any atom is -0.480 e. The van der Waals surface area contributed by atoms with Crippen LogP contribution in [-0.4, -0.2) is 40.3 Å². The summed E-state index contributed by atoms with van der Waals surface area (Å²) in [6.45, 7) is 9.61. The number of hydrogen-bond donors (Lipinski definition) is 5. The van der Waals surface area contributed by atoms with Crippen molar-refractivity contribution in [2.24, 2.45) is 23.5 Å². The van der Waals surface area contributed by atoms with Gasteiger partial charge in [0.05, 0.1) is 5.54 Å². The lowest BCUT2D eigenvalue weighted by atomic mass is 9.71. The number of nitrogens with two attached hydrogens (primary N) is 1. The summed E-state index contributed by atoms with van der Waals surface area (Å²) in [5, 5.41) is 23.8. The number of carboxylic acid groups (broad SMARTS) is 2. The van der Waals surface area contributed by atoms with E-state index >= 15 is 0 Å². The van der Waals surface area contributed by atoms with Crippen molar-refractivity contribution in [3.63, 3.8) is 0 Å². The van der Waals surface area contributed by atoms with Crippen LogP contribution in [0.15, 0.2) is 30.3 Å². The van der Waals surface area contributed by atoms with Crippen molar-refractivity contribution in [1.29, 1.82) is 0 Å². The first-order valence-corrected chi connectivity index (χ1v) is 10.3. The maximum atomic E-state index is 12.9. The highest BCUT2D eigenvalue weighted by molar-refractivity contribution is 5.89. The fraction of sp³-hybridized carbons (Fsp3) is 0.591. The molecule has 30 heavy (non-hydrogen) atoms. The Labute approximate surface area is 178 Å². The first-order valence-electron chi connectivity index (χ1n) is 10.3. The SMILES string of the molecule is CC(C)CC(NC(=O)O)C(=O)NC(C(=O)O)C(N)(c1ccccc1)C(C)CC(C)C. The normalized spacial score (nSPS) is 16.4. The molecule has 4 unspecified atom stereocenters. The van der Waals surface area contributed by atoms with Gasteiger partial charge in [0.15, 0.2) is 0 Å². The highest BCUT2D eigenvalue weighted by Gasteiger charge is 2.47. The average Bonchev–Trinajstić information content (AvgIpc) is 2.63. The van der Waals surface area contributed by atoms with Crippen LogP contribution in [0.5, 0.6) is 0 Å². The monoisotopic (exact) mass is 421 g/mol. The first-order chi connectivity index (χ1) is 13.9. The summed E-state index contributed by atoms with van der Waals surface area (Å²) in [6.07, 6.45) is -0.471. The van der Waals surface area contributed by atoms with E-state index in [1.54, 1.807) is 30.3 Å². The standard InChI is InChI=1S/C22H35N3O5/c1-13(2)11-15(5)22(23,16-9-7-6-8-10-16)18(20(27)28)25-19(26)17(12-14(3)4)24-21(29)30/h6-10,13-15,17-18,24H,11-12,23H2,1-5H3,(H,25,26)(H,27,28)(H,29,30). The number of aliphatic carboxylic acids is 1. The molecule has 0 aliphatic carbocycles. The molecule has 4 atom stereocenters. The Morgan fingerprint density at radius 2 is 1.47 bits per heavy atom. The van der Waals surface area contributed by atoms with Crippen LogP contribution in [-0.2, 0) is 15.1 Å². The molecule has 0 saturated heterocycles. The molecule has 1 aromatic carbocycles. The molecule has 8 heteroatoms. The van der Waals surface area contributed by atoms with Crippen molar-refractivity contribution in [1.82, 2.24) is 10.6 Å². The number of hydrogen-bond acceptors (Lipinski definition) is 4. The van der Waals surface area contributed by atoms with Gasteiger partial charge in [-0.2, -0.15) is 0 Å². The minimum atomic E-state index is -1.44. The third kappa shape index (κ3) is 6.73. The van der Waals surface area contributed by atoms with Gasteiger partial charge in [-0.1, -0.05) is 65.0 Å². The summed E-state index contributed by atoms with van der Waals surface area (Å²) < 4.78 is 0. The van der Waals surface area contributed by atoms with E-state index in [2.05, 4.69) is 10.6 Å². The van der Waals surface area contributed by atoms with Gasteiger partial charge in [-0.05, 0) is 36.2 Å². The molecule has 0 saturated carbocycles. The fourth-order valence-corrected chi connectivity index (χ4v) is 3.84. The third-order valence-electron chi connectivity index (χ3n) is 5.25. The van der Waals surface area contributed by atoms with Gasteiger partial charge in [0.1, 0.15) is 12.1 Å². The van der Waals surface area contributed by atoms with E-state index in [9.17, 15) is 19.5 Å². The largest absolute Gasteiger partial charge is 0.480 e. The van der Waals surface area contributed by atoms with E-state index in [1.165, 1.54) is 0 Å². The van der Waals surface area contributed by atoms with Gasteiger partial charge in [0.25, 0.3) is 0 Å². The Balaban J connectivity index is 3.36. The summed E-state index contributed by atoms with van der Waals surface area (Å²) in [4.78, 5) is 36.3. The van der Waals surface area contributed by atoms with Crippen molar-refractivity contribution < 1.29 is 24.6 Å². The number of carboxylic acids is 1. The van der Waals surface area contributed by atoms with E-state index in [0.717, 1.165) is 0 Å². The molecular weight excluding hydrogens is 386 g/mol. The smallest absolute Gasteiger partial charge is 0.405 e. The highest BCUT2D eigenvalue weighted by Crippen LogP contribution is 2.35. The number of benzene rings is 1. The first kappa shape index (κ1) is 25.4. The Morgan fingerprint density at radius 1 is 0.933 bits per heavy atom. The van der Waals surface area contributed by atoms with Gasteiger partial charge < -0.3 is 26.6 Å². The van der Waals surface area contributed by atoms with Crippen LogP contribution in [0.2, 0.25) is 0 Å². The summed E-state index contributed by atoms with van der Waals surface area (Å²) in [5.41, 5.74) is 5.98. The third-order valence-corrected chi connectivity index (χ3v) is 5.25. The average molecular weight is 422 g/mol. The van der Waals surface area contributed by atoms with E-state index in [-0.39, 0.29) is 24.2 Å². The van der Waals surface area contributed by atoms with Gasteiger partial charge in [-0.3, -0.25) is 4.79 Å². The number of rotatable bonds is 11. The number of carbonyl (C=O) groups excluding carboxylic acids is 1. The molecule has 2 amide bonds. The van der Waals surface area contributed by atoms with Crippen LogP contribution in [0.1, 0.15) is 53.0 Å². The zero-order chi connectivity index (χ0) is 23.1. The molecule has 1 aromatic rings. The molecule has 1 rings (SSSR count). The fourth-order valence-electron chi connectivity index (χ4n) is 3.84. The number of amides is 2. The van der Waals surface area contributed by atoms with Crippen LogP contribution in [0.3, 0.4) is 0 Å². The molecule has 168 valence electrons. The van der Waals surface area contributed by atoms with Gasteiger partial charge in [0, 0.05) is 0 Å². The molecule has 6 N–H and O–H groups in total. The van der Waals surface area contributed by atoms with Crippen molar-refractivity contribution in [2.75, 3.05) is 0 Å². The molecular formula is C22H35N3O5. The summed E-state index contributed by atoms with van der Waals surface area (Å²) in [7, 11) is 0. The van der Waals surface area contributed by atoms with Crippen LogP contribution < -0.4 is 16.4 Å². The van der Waals surface area contributed by atoms with E-state index in [1.807, 2.05) is 34.6 Å². The quantitative estimate of drug-likeness (QED) is 0.372. The molecule has 0 fully saturated rings. The van der Waals surface area contributed by atoms with Gasteiger partial charge in [0.2, 0.25) is 5.91 Å². The molecule has 0 aliphatic heterocycles. The second-order valence-electron chi connectivity index (χ2n) is 8.74. The van der Waals surface area contributed by atoms with Crippen molar-refractivity contribution in [3.8, 4) is 0 Å². The van der Waals surface area contributed by atoms with Crippen LogP contribution in [0.4, 0.5) is 4.79 Å². The van der Waals surface area contributed by atoms with E-state index in [4.69, 9.17) is 10.8 Å². The van der Waals surface area contributed by atoms with Crippen LogP contribution in [0.25, 0.3) is 0 Å². The Bertz CT molecular complexity index is 723. The van der Waals surface area contributed by atoms with Crippen molar-refractivity contribution in [3.05, 3.63) is 35.9 Å². The highest BCUT2D eigenvalue weighted by atomic mass is 16.4. The number of carbonyl (C=O) groups is 3. The molecule has 0 radical (unpaired) electrons. The summed E-state index contributed by atoms with van der Waals surface area (Å²) in [5.74, 6) is -1.98. The molecule has 0 aromatic heterocycles. The second-order valence-corrected chi connectivity index (χ2v) is 8.74. The predicted molar refractivity (Wildman–Crippen MR) is 115 cm³/mol. The maximum Gasteiger partial charge on any atom is 0.405 e. The Hall–Kier alpha value is -2.61. The van der Waals surface area contributed by atoms with Gasteiger partial charge in [-0.25, -0.2) is 9.59 Å². The van der Waals surface area contributed by atoms with Crippen LogP contribution in [0, 0.1) is 17.8 Å². The van der Waals surface area contributed by atoms with Crippen molar-refractivity contribution >= 4 is 18.0 Å². The lowest BCUT2D eigenvalue weighted by Gasteiger charge is -2.42. The molecule has 0 spiro atoms. The lowest BCUT2D eigenvalue weighted by molar-refractivity contribution is -0.145. The summed E-state index contributed by atoms with van der Waals surface area (Å²) in [6, 6.07) is 6.33. The molecule has 8 nitrogen and oxygen atoms in total. The van der Waals surface area contributed by atoms with Gasteiger partial charge in [-0.15, -0.1) is 0 Å². The molecule has 0 aliphatic rings. The zero-order valence-corrected chi connectivity index (χ0v) is 18.4. The van der Waals surface area contributed by atoms with Gasteiger partial charge >= 0.3 is 12.1 Å². The maximum absolute atomic E-state index is 12.9. The van der Waals surface area contributed by atoms with E-state index in [0.29, 0.717) is 12.0 Å². The predicted octanol–water partition coefficient (Wildman–Crippen LogP) is 2.77. The lowest BCUT2D eigenvalue weighted by Crippen LogP contribution is -2.65. The topological polar surface area (TPSA) is 142 Å². The Kier molecular flexibility index (Phi) is 9.29. The number of nitrogens with one attached hydrogen (secondary N) is 2.